The van der Waals surface area contributed by atoms with Crippen LogP contribution in [0.5, 0.6) is 0 Å². The van der Waals surface area contributed by atoms with Crippen LogP contribution in [0.3, 0.4) is 0 Å². The van der Waals surface area contributed by atoms with Crippen molar-refractivity contribution < 1.29 is 4.79 Å². The Kier molecular flexibility index (Phi) is 3.69. The minimum atomic E-state index is -0.0958. The molecule has 2 aromatic rings. The molecule has 5 heteroatoms. The number of anilines is 2. The molecule has 1 fully saturated rings. The van der Waals surface area contributed by atoms with Gasteiger partial charge in [0.1, 0.15) is 5.69 Å². The van der Waals surface area contributed by atoms with Gasteiger partial charge >= 0.3 is 0 Å². The standard InChI is InChI=1S/C15H14BrN3O/c16-10-2-1-3-12(8-10)18-13-6-7-14(17-9-13)15(20)19-11-4-5-11/h1-3,6-9,11,18H,4-5H2,(H,19,20). The van der Waals surface area contributed by atoms with Gasteiger partial charge < -0.3 is 10.6 Å². The summed E-state index contributed by atoms with van der Waals surface area (Å²) in [5, 5.41) is 6.16. The van der Waals surface area contributed by atoms with Gasteiger partial charge in [-0.3, -0.25) is 4.79 Å². The zero-order valence-electron chi connectivity index (χ0n) is 10.8. The van der Waals surface area contributed by atoms with Crippen LogP contribution in [-0.2, 0) is 0 Å². The van der Waals surface area contributed by atoms with Crippen LogP contribution in [0.15, 0.2) is 47.1 Å². The van der Waals surface area contributed by atoms with Crippen molar-refractivity contribution in [1.82, 2.24) is 10.3 Å². The first-order chi connectivity index (χ1) is 9.70. The van der Waals surface area contributed by atoms with E-state index in [1.807, 2.05) is 30.3 Å². The number of rotatable bonds is 4. The number of amides is 1. The van der Waals surface area contributed by atoms with Crippen LogP contribution >= 0.6 is 15.9 Å². The van der Waals surface area contributed by atoms with Crippen molar-refractivity contribution in [2.45, 2.75) is 18.9 Å². The molecule has 1 aliphatic rings. The van der Waals surface area contributed by atoms with Crippen LogP contribution in [-0.4, -0.2) is 16.9 Å². The van der Waals surface area contributed by atoms with Gasteiger partial charge in [-0.1, -0.05) is 22.0 Å². The maximum Gasteiger partial charge on any atom is 0.270 e. The van der Waals surface area contributed by atoms with Crippen LogP contribution in [0.1, 0.15) is 23.3 Å². The number of carbonyl (C=O) groups is 1. The molecule has 1 aromatic heterocycles. The molecule has 0 atom stereocenters. The quantitative estimate of drug-likeness (QED) is 0.901. The summed E-state index contributed by atoms with van der Waals surface area (Å²) in [6.07, 6.45) is 3.82. The molecule has 4 nitrogen and oxygen atoms in total. The number of carbonyl (C=O) groups excluding carboxylic acids is 1. The van der Waals surface area contributed by atoms with E-state index in [4.69, 9.17) is 0 Å². The molecule has 0 spiro atoms. The maximum absolute atomic E-state index is 11.8. The lowest BCUT2D eigenvalue weighted by Crippen LogP contribution is -2.26. The van der Waals surface area contributed by atoms with Gasteiger partial charge in [-0.25, -0.2) is 4.98 Å². The van der Waals surface area contributed by atoms with Crippen molar-refractivity contribution in [2.75, 3.05) is 5.32 Å². The fourth-order valence-electron chi connectivity index (χ4n) is 1.82. The highest BCUT2D eigenvalue weighted by atomic mass is 79.9. The van der Waals surface area contributed by atoms with E-state index in [-0.39, 0.29) is 5.91 Å². The monoisotopic (exact) mass is 331 g/mol. The van der Waals surface area contributed by atoms with E-state index in [0.29, 0.717) is 11.7 Å². The van der Waals surface area contributed by atoms with Gasteiger partial charge in [-0.05, 0) is 43.2 Å². The largest absolute Gasteiger partial charge is 0.354 e. The summed E-state index contributed by atoms with van der Waals surface area (Å²) in [5.74, 6) is -0.0958. The number of nitrogens with zero attached hydrogens (tertiary/aromatic N) is 1. The number of benzene rings is 1. The highest BCUT2D eigenvalue weighted by Crippen LogP contribution is 2.21. The number of pyridine rings is 1. The molecular formula is C15H14BrN3O. The van der Waals surface area contributed by atoms with E-state index in [9.17, 15) is 4.79 Å². The van der Waals surface area contributed by atoms with Crippen molar-refractivity contribution in [3.8, 4) is 0 Å². The van der Waals surface area contributed by atoms with Crippen LogP contribution < -0.4 is 10.6 Å². The fraction of sp³-hybridized carbons (Fsp3) is 0.200. The van der Waals surface area contributed by atoms with Gasteiger partial charge in [0.05, 0.1) is 11.9 Å². The van der Waals surface area contributed by atoms with Crippen LogP contribution in [0.25, 0.3) is 0 Å². The molecule has 1 heterocycles. The Labute approximate surface area is 125 Å². The zero-order valence-corrected chi connectivity index (χ0v) is 12.4. The molecule has 1 aromatic carbocycles. The summed E-state index contributed by atoms with van der Waals surface area (Å²) in [6.45, 7) is 0. The second kappa shape index (κ2) is 5.63. The average molecular weight is 332 g/mol. The Bertz CT molecular complexity index is 623. The molecule has 2 N–H and O–H groups in total. The van der Waals surface area contributed by atoms with Gasteiger partial charge in [-0.2, -0.15) is 0 Å². The number of nitrogens with one attached hydrogen (secondary N) is 2. The third kappa shape index (κ3) is 3.36. The molecule has 102 valence electrons. The Morgan fingerprint density at radius 3 is 2.70 bits per heavy atom. The number of hydrogen-bond donors (Lipinski definition) is 2. The Morgan fingerprint density at radius 2 is 2.05 bits per heavy atom. The molecule has 0 unspecified atom stereocenters. The second-order valence-corrected chi connectivity index (χ2v) is 5.73. The van der Waals surface area contributed by atoms with Crippen molar-refractivity contribution in [2.24, 2.45) is 0 Å². The maximum atomic E-state index is 11.8. The summed E-state index contributed by atoms with van der Waals surface area (Å²) in [7, 11) is 0. The predicted octanol–water partition coefficient (Wildman–Crippen LogP) is 3.48. The number of aromatic nitrogens is 1. The topological polar surface area (TPSA) is 54.0 Å². The number of halogens is 1. The summed E-state index contributed by atoms with van der Waals surface area (Å²) in [6, 6.07) is 11.8. The second-order valence-electron chi connectivity index (χ2n) is 4.82. The third-order valence-electron chi connectivity index (χ3n) is 3.02. The molecule has 0 bridgehead atoms. The van der Waals surface area contributed by atoms with Gasteiger partial charge in [0, 0.05) is 16.2 Å². The molecule has 1 amide bonds. The predicted molar refractivity (Wildman–Crippen MR) is 82.1 cm³/mol. The zero-order chi connectivity index (χ0) is 13.9. The molecule has 0 aliphatic heterocycles. The van der Waals surface area contributed by atoms with Crippen LogP contribution in [0, 0.1) is 0 Å². The molecule has 0 radical (unpaired) electrons. The lowest BCUT2D eigenvalue weighted by atomic mass is 10.3. The highest BCUT2D eigenvalue weighted by Gasteiger charge is 2.24. The van der Waals surface area contributed by atoms with E-state index in [1.165, 1.54) is 0 Å². The SMILES string of the molecule is O=C(NC1CC1)c1ccc(Nc2cccc(Br)c2)cn1. The lowest BCUT2D eigenvalue weighted by Gasteiger charge is -2.07. The summed E-state index contributed by atoms with van der Waals surface area (Å²) in [4.78, 5) is 16.0. The Balaban J connectivity index is 1.67. The van der Waals surface area contributed by atoms with E-state index in [1.54, 1.807) is 12.3 Å². The minimum absolute atomic E-state index is 0.0958. The normalized spacial score (nSPS) is 13.8. The van der Waals surface area contributed by atoms with Crippen molar-refractivity contribution in [1.29, 1.82) is 0 Å². The van der Waals surface area contributed by atoms with Gasteiger partial charge in [0.25, 0.3) is 5.91 Å². The fourth-order valence-corrected chi connectivity index (χ4v) is 2.22. The van der Waals surface area contributed by atoms with E-state index >= 15 is 0 Å². The van der Waals surface area contributed by atoms with Crippen molar-refractivity contribution >= 4 is 33.2 Å². The van der Waals surface area contributed by atoms with E-state index in [2.05, 4.69) is 31.5 Å². The average Bonchev–Trinajstić information content (AvgIpc) is 3.23. The number of hydrogen-bond acceptors (Lipinski definition) is 3. The molecule has 3 rings (SSSR count). The highest BCUT2D eigenvalue weighted by molar-refractivity contribution is 9.10. The lowest BCUT2D eigenvalue weighted by molar-refractivity contribution is 0.0946. The van der Waals surface area contributed by atoms with Gasteiger partial charge in [-0.15, -0.1) is 0 Å². The van der Waals surface area contributed by atoms with Gasteiger partial charge in [0.2, 0.25) is 0 Å². The first-order valence-corrected chi connectivity index (χ1v) is 7.29. The molecule has 1 aliphatic carbocycles. The summed E-state index contributed by atoms with van der Waals surface area (Å²) in [5.41, 5.74) is 2.28. The van der Waals surface area contributed by atoms with Crippen LogP contribution in [0.4, 0.5) is 11.4 Å². The molecule has 1 saturated carbocycles. The summed E-state index contributed by atoms with van der Waals surface area (Å²) >= 11 is 3.43. The molecule has 20 heavy (non-hydrogen) atoms. The molecular weight excluding hydrogens is 318 g/mol. The third-order valence-corrected chi connectivity index (χ3v) is 3.52. The first-order valence-electron chi connectivity index (χ1n) is 6.50. The van der Waals surface area contributed by atoms with E-state index < -0.39 is 0 Å². The minimum Gasteiger partial charge on any atom is -0.354 e. The molecule has 0 saturated heterocycles. The first kappa shape index (κ1) is 13.1. The van der Waals surface area contributed by atoms with E-state index in [0.717, 1.165) is 28.7 Å². The van der Waals surface area contributed by atoms with Crippen molar-refractivity contribution in [3.05, 3.63) is 52.8 Å². The van der Waals surface area contributed by atoms with Crippen LogP contribution in [0.2, 0.25) is 0 Å². The Morgan fingerprint density at radius 1 is 1.20 bits per heavy atom. The Hall–Kier alpha value is -1.88. The summed E-state index contributed by atoms with van der Waals surface area (Å²) < 4.78 is 1.01. The van der Waals surface area contributed by atoms with Gasteiger partial charge in [0.15, 0.2) is 0 Å². The smallest absolute Gasteiger partial charge is 0.270 e. The van der Waals surface area contributed by atoms with Crippen molar-refractivity contribution in [3.63, 3.8) is 0 Å².